The molecule has 3 aromatic rings. The van der Waals surface area contributed by atoms with E-state index in [0.29, 0.717) is 26.8 Å². The fraction of sp³-hybridized carbons (Fsp3) is 0.188. The summed E-state index contributed by atoms with van der Waals surface area (Å²) in [6.45, 7) is 0.0700. The van der Waals surface area contributed by atoms with Crippen LogP contribution in [0.1, 0.15) is 5.82 Å². The van der Waals surface area contributed by atoms with Crippen molar-refractivity contribution in [3.05, 3.63) is 56.9 Å². The monoisotopic (exact) mass is 363 g/mol. The third-order valence-electron chi connectivity index (χ3n) is 3.33. The second-order valence-corrected chi connectivity index (χ2v) is 6.50. The molecule has 0 bridgehead atoms. The lowest BCUT2D eigenvalue weighted by atomic mass is 10.3. The zero-order valence-electron chi connectivity index (χ0n) is 12.8. The van der Waals surface area contributed by atoms with Crippen molar-refractivity contribution in [1.82, 2.24) is 14.9 Å². The van der Waals surface area contributed by atoms with Gasteiger partial charge in [0.05, 0.1) is 12.1 Å². The van der Waals surface area contributed by atoms with Crippen LogP contribution >= 0.6 is 22.9 Å². The normalized spacial score (nSPS) is 10.8. The van der Waals surface area contributed by atoms with Gasteiger partial charge in [0, 0.05) is 12.1 Å². The van der Waals surface area contributed by atoms with E-state index in [9.17, 15) is 9.59 Å². The molecule has 0 aliphatic rings. The van der Waals surface area contributed by atoms with Gasteiger partial charge in [0.1, 0.15) is 16.3 Å². The number of halogens is 1. The van der Waals surface area contributed by atoms with Crippen LogP contribution in [0.3, 0.4) is 0 Å². The number of carbonyl (C=O) groups excluding carboxylic acids is 1. The van der Waals surface area contributed by atoms with Crippen molar-refractivity contribution < 1.29 is 9.53 Å². The van der Waals surface area contributed by atoms with Crippen LogP contribution in [0, 0.1) is 0 Å². The fourth-order valence-corrected chi connectivity index (χ4v) is 3.03. The quantitative estimate of drug-likeness (QED) is 0.756. The Balaban J connectivity index is 1.63. The number of likely N-dealkylation sites (N-methyl/N-ethyl adjacent to an activating group) is 1. The van der Waals surface area contributed by atoms with Gasteiger partial charge in [-0.05, 0) is 29.6 Å². The SMILES string of the molecule is CN(Cc1nc2ccsc2c(=O)[nH]1)C(=O)COc1cccc(Cl)c1. The number of carbonyl (C=O) groups is 1. The molecule has 124 valence electrons. The number of aromatic amines is 1. The number of nitrogens with one attached hydrogen (secondary N) is 1. The van der Waals surface area contributed by atoms with Gasteiger partial charge in [-0.25, -0.2) is 4.98 Å². The molecule has 0 aliphatic heterocycles. The van der Waals surface area contributed by atoms with Crippen molar-refractivity contribution in [3.8, 4) is 5.75 Å². The number of rotatable bonds is 5. The van der Waals surface area contributed by atoms with Crippen molar-refractivity contribution in [1.29, 1.82) is 0 Å². The van der Waals surface area contributed by atoms with E-state index in [2.05, 4.69) is 9.97 Å². The molecule has 6 nitrogen and oxygen atoms in total. The van der Waals surface area contributed by atoms with E-state index in [1.165, 1.54) is 16.2 Å². The first-order valence-electron chi connectivity index (χ1n) is 7.11. The average molecular weight is 364 g/mol. The third kappa shape index (κ3) is 3.74. The maximum absolute atomic E-state index is 12.2. The maximum atomic E-state index is 12.2. The van der Waals surface area contributed by atoms with Crippen LogP contribution < -0.4 is 10.3 Å². The number of hydrogen-bond donors (Lipinski definition) is 1. The summed E-state index contributed by atoms with van der Waals surface area (Å²) >= 11 is 7.20. The van der Waals surface area contributed by atoms with Crippen LogP contribution in [0.4, 0.5) is 0 Å². The van der Waals surface area contributed by atoms with E-state index < -0.39 is 0 Å². The summed E-state index contributed by atoms with van der Waals surface area (Å²) in [4.78, 5) is 32.6. The van der Waals surface area contributed by atoms with Crippen LogP contribution in [0.2, 0.25) is 5.02 Å². The van der Waals surface area contributed by atoms with E-state index in [1.807, 2.05) is 5.38 Å². The third-order valence-corrected chi connectivity index (χ3v) is 4.47. The highest BCUT2D eigenvalue weighted by molar-refractivity contribution is 7.17. The van der Waals surface area contributed by atoms with E-state index in [4.69, 9.17) is 16.3 Å². The highest BCUT2D eigenvalue weighted by Crippen LogP contribution is 2.17. The topological polar surface area (TPSA) is 75.3 Å². The molecule has 0 saturated heterocycles. The molecular formula is C16H14ClN3O3S. The summed E-state index contributed by atoms with van der Waals surface area (Å²) in [5.41, 5.74) is 0.441. The lowest BCUT2D eigenvalue weighted by Gasteiger charge is -2.17. The molecule has 0 radical (unpaired) electrons. The Morgan fingerprint density at radius 3 is 3.04 bits per heavy atom. The number of hydrogen-bond acceptors (Lipinski definition) is 5. The fourth-order valence-electron chi connectivity index (χ4n) is 2.12. The van der Waals surface area contributed by atoms with Gasteiger partial charge < -0.3 is 14.6 Å². The Bertz CT molecular complexity index is 937. The number of fused-ring (bicyclic) bond motifs is 1. The molecule has 1 amide bonds. The minimum Gasteiger partial charge on any atom is -0.484 e. The number of H-pyrrole nitrogens is 1. The minimum absolute atomic E-state index is 0.123. The Kier molecular flexibility index (Phi) is 4.82. The highest BCUT2D eigenvalue weighted by Gasteiger charge is 2.13. The van der Waals surface area contributed by atoms with E-state index in [0.717, 1.165) is 0 Å². The van der Waals surface area contributed by atoms with Crippen LogP contribution in [-0.4, -0.2) is 34.4 Å². The van der Waals surface area contributed by atoms with Gasteiger partial charge in [-0.1, -0.05) is 17.7 Å². The van der Waals surface area contributed by atoms with Gasteiger partial charge in [-0.15, -0.1) is 11.3 Å². The summed E-state index contributed by atoms with van der Waals surface area (Å²) in [5.74, 6) is 0.725. The predicted molar refractivity (Wildman–Crippen MR) is 93.7 cm³/mol. The van der Waals surface area contributed by atoms with E-state index in [-0.39, 0.29) is 24.6 Å². The van der Waals surface area contributed by atoms with E-state index >= 15 is 0 Å². The standard InChI is InChI=1S/C16H14ClN3O3S/c1-20(14(21)9-23-11-4-2-3-10(17)7-11)8-13-18-12-5-6-24-15(12)16(22)19-13/h2-7H,8-9H2,1H3,(H,18,19,22). The molecule has 0 atom stereocenters. The molecule has 2 aromatic heterocycles. The summed E-state index contributed by atoms with van der Waals surface area (Å²) in [6, 6.07) is 8.62. The Hall–Kier alpha value is -2.38. The lowest BCUT2D eigenvalue weighted by molar-refractivity contribution is -0.132. The van der Waals surface area contributed by atoms with Crippen LogP contribution in [0.15, 0.2) is 40.5 Å². The Labute approximate surface area is 146 Å². The second kappa shape index (κ2) is 7.02. The van der Waals surface area contributed by atoms with Gasteiger partial charge in [0.2, 0.25) is 0 Å². The molecule has 0 saturated carbocycles. The van der Waals surface area contributed by atoms with Crippen molar-refractivity contribution in [3.63, 3.8) is 0 Å². The highest BCUT2D eigenvalue weighted by atomic mass is 35.5. The smallest absolute Gasteiger partial charge is 0.268 e. The first-order valence-corrected chi connectivity index (χ1v) is 8.37. The summed E-state index contributed by atoms with van der Waals surface area (Å²) in [7, 11) is 1.63. The van der Waals surface area contributed by atoms with Crippen LogP contribution in [0.5, 0.6) is 5.75 Å². The molecule has 0 spiro atoms. The largest absolute Gasteiger partial charge is 0.484 e. The zero-order valence-corrected chi connectivity index (χ0v) is 14.4. The number of ether oxygens (including phenoxy) is 1. The number of thiophene rings is 1. The van der Waals surface area contributed by atoms with Gasteiger partial charge in [-0.2, -0.15) is 0 Å². The predicted octanol–water partition coefficient (Wildman–Crippen LogP) is 2.68. The molecule has 24 heavy (non-hydrogen) atoms. The molecule has 0 aliphatic carbocycles. The molecule has 8 heteroatoms. The molecule has 0 unspecified atom stereocenters. The molecular weight excluding hydrogens is 350 g/mol. The summed E-state index contributed by atoms with van der Waals surface area (Å²) in [6.07, 6.45) is 0. The first kappa shape index (κ1) is 16.5. The van der Waals surface area contributed by atoms with Crippen molar-refractivity contribution >= 4 is 39.1 Å². The minimum atomic E-state index is -0.233. The number of nitrogens with zero attached hydrogens (tertiary/aromatic N) is 2. The van der Waals surface area contributed by atoms with Gasteiger partial charge in [0.25, 0.3) is 11.5 Å². The summed E-state index contributed by atoms with van der Waals surface area (Å²) < 4.78 is 6.00. The number of amides is 1. The van der Waals surface area contributed by atoms with Crippen LogP contribution in [-0.2, 0) is 11.3 Å². The maximum Gasteiger partial charge on any atom is 0.268 e. The van der Waals surface area contributed by atoms with Crippen LogP contribution in [0.25, 0.3) is 10.2 Å². The van der Waals surface area contributed by atoms with Gasteiger partial charge >= 0.3 is 0 Å². The van der Waals surface area contributed by atoms with Gasteiger partial charge in [-0.3, -0.25) is 9.59 Å². The molecule has 0 fully saturated rings. The Morgan fingerprint density at radius 2 is 2.25 bits per heavy atom. The van der Waals surface area contributed by atoms with Crippen molar-refractivity contribution in [2.75, 3.05) is 13.7 Å². The van der Waals surface area contributed by atoms with E-state index in [1.54, 1.807) is 37.4 Å². The average Bonchev–Trinajstić information content (AvgIpc) is 3.01. The molecule has 1 N–H and O–H groups in total. The van der Waals surface area contributed by atoms with Crippen molar-refractivity contribution in [2.45, 2.75) is 6.54 Å². The number of benzene rings is 1. The lowest BCUT2D eigenvalue weighted by Crippen LogP contribution is -2.32. The summed E-state index contributed by atoms with van der Waals surface area (Å²) in [5, 5.41) is 2.35. The number of aromatic nitrogens is 2. The zero-order chi connectivity index (χ0) is 17.1. The van der Waals surface area contributed by atoms with Gasteiger partial charge in [0.15, 0.2) is 6.61 Å². The Morgan fingerprint density at radius 1 is 1.42 bits per heavy atom. The molecule has 3 rings (SSSR count). The van der Waals surface area contributed by atoms with Crippen molar-refractivity contribution in [2.24, 2.45) is 0 Å². The second-order valence-electron chi connectivity index (χ2n) is 5.14. The first-order chi connectivity index (χ1) is 11.5. The molecule has 2 heterocycles. The molecule has 1 aromatic carbocycles.